The Morgan fingerprint density at radius 3 is 2.52 bits per heavy atom. The van der Waals surface area contributed by atoms with Gasteiger partial charge in [-0.2, -0.15) is 0 Å². The number of rotatable bonds is 10. The lowest BCUT2D eigenvalue weighted by atomic mass is 10.0. The number of nitrogens with zero attached hydrogens (tertiary/aromatic N) is 1. The highest BCUT2D eigenvalue weighted by atomic mass is 16.6. The predicted octanol–water partition coefficient (Wildman–Crippen LogP) is 2.63. The van der Waals surface area contributed by atoms with E-state index in [-0.39, 0.29) is 5.91 Å². The summed E-state index contributed by atoms with van der Waals surface area (Å²) in [6, 6.07) is 4.93. The highest BCUT2D eigenvalue weighted by Gasteiger charge is 2.33. The maximum absolute atomic E-state index is 13.1. The van der Waals surface area contributed by atoms with Crippen LogP contribution in [0, 0.1) is 0 Å². The molecule has 1 rings (SSSR count). The van der Waals surface area contributed by atoms with Gasteiger partial charge in [0.25, 0.3) is 0 Å². The molecule has 3 amide bonds. The molecule has 2 unspecified atom stereocenters. The Labute approximate surface area is 184 Å². The van der Waals surface area contributed by atoms with Crippen molar-refractivity contribution in [3.63, 3.8) is 0 Å². The van der Waals surface area contributed by atoms with Crippen LogP contribution < -0.4 is 10.6 Å². The molecule has 0 heterocycles. The van der Waals surface area contributed by atoms with Crippen molar-refractivity contribution in [1.82, 2.24) is 15.5 Å². The van der Waals surface area contributed by atoms with Crippen LogP contribution in [-0.2, 0) is 14.3 Å². The van der Waals surface area contributed by atoms with Crippen LogP contribution in [0.4, 0.5) is 4.79 Å². The molecule has 8 heteroatoms. The number of amides is 3. The van der Waals surface area contributed by atoms with Gasteiger partial charge in [0.15, 0.2) is 0 Å². The summed E-state index contributed by atoms with van der Waals surface area (Å²) in [6.07, 6.45) is 2.55. The fourth-order valence-electron chi connectivity index (χ4n) is 2.90. The lowest BCUT2D eigenvalue weighted by Crippen LogP contribution is -2.53. The van der Waals surface area contributed by atoms with Crippen LogP contribution in [0.2, 0.25) is 0 Å². The molecule has 1 aromatic rings. The fraction of sp³-hybridized carbons (Fsp3) is 0.522. The summed E-state index contributed by atoms with van der Waals surface area (Å²) in [5.41, 5.74) is 0.637. The second-order valence-corrected chi connectivity index (χ2v) is 8.25. The molecule has 172 valence electrons. The van der Waals surface area contributed by atoms with Gasteiger partial charge in [-0.05, 0) is 44.4 Å². The number of aliphatic hydroxyl groups excluding tert-OH is 1. The van der Waals surface area contributed by atoms with Gasteiger partial charge < -0.3 is 25.4 Å². The minimum absolute atomic E-state index is 0.348. The van der Waals surface area contributed by atoms with E-state index >= 15 is 0 Å². The van der Waals surface area contributed by atoms with Crippen molar-refractivity contribution in [2.45, 2.75) is 58.2 Å². The van der Waals surface area contributed by atoms with E-state index in [0.29, 0.717) is 12.1 Å². The van der Waals surface area contributed by atoms with Gasteiger partial charge in [-0.3, -0.25) is 9.59 Å². The summed E-state index contributed by atoms with van der Waals surface area (Å²) >= 11 is 0. The van der Waals surface area contributed by atoms with Gasteiger partial charge in [0.2, 0.25) is 11.8 Å². The summed E-state index contributed by atoms with van der Waals surface area (Å²) in [5.74, 6) is -0.965. The second-order valence-electron chi connectivity index (χ2n) is 8.25. The molecule has 1 aromatic carbocycles. The minimum Gasteiger partial charge on any atom is -0.444 e. The zero-order valence-corrected chi connectivity index (χ0v) is 19.1. The quantitative estimate of drug-likeness (QED) is 0.492. The lowest BCUT2D eigenvalue weighted by Gasteiger charge is -2.31. The summed E-state index contributed by atoms with van der Waals surface area (Å²) in [7, 11) is 1.46. The Morgan fingerprint density at radius 2 is 1.97 bits per heavy atom. The molecule has 0 saturated heterocycles. The zero-order chi connectivity index (χ0) is 23.6. The van der Waals surface area contributed by atoms with Gasteiger partial charge in [-0.25, -0.2) is 4.79 Å². The van der Waals surface area contributed by atoms with Crippen LogP contribution in [0.3, 0.4) is 0 Å². The third-order valence-electron chi connectivity index (χ3n) is 4.45. The molecular weight excluding hydrogens is 398 g/mol. The largest absolute Gasteiger partial charge is 0.444 e. The molecule has 0 aromatic heterocycles. The first kappa shape index (κ1) is 26.2. The summed E-state index contributed by atoms with van der Waals surface area (Å²) < 4.78 is 5.17. The number of hydrogen-bond donors (Lipinski definition) is 3. The molecule has 3 N–H and O–H groups in total. The van der Waals surface area contributed by atoms with Crippen LogP contribution >= 0.6 is 0 Å². The van der Waals surface area contributed by atoms with Crippen molar-refractivity contribution in [3.8, 4) is 0 Å². The first-order valence-electron chi connectivity index (χ1n) is 10.4. The number of ether oxygens (including phenoxy) is 1. The number of aliphatic hydroxyl groups is 1. The highest BCUT2D eigenvalue weighted by molar-refractivity contribution is 5.92. The second kappa shape index (κ2) is 12.1. The smallest absolute Gasteiger partial charge is 0.408 e. The molecule has 31 heavy (non-hydrogen) atoms. The van der Waals surface area contributed by atoms with Crippen LogP contribution in [0.25, 0.3) is 6.08 Å². The Hall–Kier alpha value is -2.87. The number of unbranched alkanes of at least 4 members (excludes halogenated alkanes) is 1. The summed E-state index contributed by atoms with van der Waals surface area (Å²) in [4.78, 5) is 39.4. The SMILES string of the molecule is C=Cc1cccc(C(C(=O)NCCCC)N(C)C(=O)C(CO)NC(=O)OC(C)(C)C)c1. The van der Waals surface area contributed by atoms with Crippen molar-refractivity contribution in [2.75, 3.05) is 20.2 Å². The van der Waals surface area contributed by atoms with Crippen molar-refractivity contribution >= 4 is 24.0 Å². The van der Waals surface area contributed by atoms with Crippen LogP contribution in [0.15, 0.2) is 30.8 Å². The molecule has 0 aliphatic heterocycles. The van der Waals surface area contributed by atoms with Crippen molar-refractivity contribution in [3.05, 3.63) is 42.0 Å². The first-order valence-corrected chi connectivity index (χ1v) is 10.4. The van der Waals surface area contributed by atoms with Crippen LogP contribution in [0.1, 0.15) is 57.7 Å². The Morgan fingerprint density at radius 1 is 1.29 bits per heavy atom. The number of likely N-dealkylation sites (N-methyl/N-ethyl adjacent to an activating group) is 1. The van der Waals surface area contributed by atoms with Gasteiger partial charge in [-0.1, -0.05) is 44.2 Å². The van der Waals surface area contributed by atoms with E-state index in [0.717, 1.165) is 18.4 Å². The van der Waals surface area contributed by atoms with E-state index in [9.17, 15) is 19.5 Å². The molecule has 2 atom stereocenters. The average molecular weight is 434 g/mol. The van der Waals surface area contributed by atoms with E-state index in [2.05, 4.69) is 17.2 Å². The first-order chi connectivity index (χ1) is 14.5. The standard InChI is InChI=1S/C23H35N3O5/c1-7-9-13-24-20(28)19(17-12-10-11-16(8-2)14-17)26(6)21(29)18(15-27)25-22(30)31-23(3,4)5/h8,10-12,14,18-19,27H,2,7,9,13,15H2,1,3-6H3,(H,24,28)(H,25,30). The van der Waals surface area contributed by atoms with Gasteiger partial charge in [0.05, 0.1) is 6.61 Å². The van der Waals surface area contributed by atoms with Gasteiger partial charge in [0.1, 0.15) is 17.7 Å². The Kier molecular flexibility index (Phi) is 10.2. The highest BCUT2D eigenvalue weighted by Crippen LogP contribution is 2.22. The Bertz CT molecular complexity index is 773. The molecule has 0 aliphatic rings. The fourth-order valence-corrected chi connectivity index (χ4v) is 2.90. The lowest BCUT2D eigenvalue weighted by molar-refractivity contribution is -0.141. The van der Waals surface area contributed by atoms with Crippen LogP contribution in [0.5, 0.6) is 0 Å². The van der Waals surface area contributed by atoms with E-state index in [4.69, 9.17) is 4.74 Å². The third-order valence-corrected chi connectivity index (χ3v) is 4.45. The number of benzene rings is 1. The van der Waals surface area contributed by atoms with Crippen molar-refractivity contribution in [2.24, 2.45) is 0 Å². The molecule has 0 spiro atoms. The number of carbonyl (C=O) groups excluding carboxylic acids is 3. The number of alkyl carbamates (subject to hydrolysis) is 1. The third kappa shape index (κ3) is 8.41. The number of hydrogen-bond acceptors (Lipinski definition) is 5. The van der Waals surface area contributed by atoms with E-state index in [1.165, 1.54) is 11.9 Å². The molecular formula is C23H35N3O5. The molecule has 0 fully saturated rings. The van der Waals surface area contributed by atoms with Crippen LogP contribution in [-0.4, -0.2) is 59.8 Å². The molecule has 8 nitrogen and oxygen atoms in total. The Balaban J connectivity index is 3.14. The van der Waals surface area contributed by atoms with Crippen molar-refractivity contribution < 1.29 is 24.2 Å². The van der Waals surface area contributed by atoms with E-state index < -0.39 is 36.3 Å². The van der Waals surface area contributed by atoms with Crippen molar-refractivity contribution in [1.29, 1.82) is 0 Å². The number of carbonyl (C=O) groups is 3. The van der Waals surface area contributed by atoms with Gasteiger partial charge >= 0.3 is 6.09 Å². The number of nitrogens with one attached hydrogen (secondary N) is 2. The maximum atomic E-state index is 13.1. The van der Waals surface area contributed by atoms with E-state index in [1.54, 1.807) is 45.0 Å². The van der Waals surface area contributed by atoms with E-state index in [1.807, 2.05) is 13.0 Å². The molecule has 0 bridgehead atoms. The average Bonchev–Trinajstić information content (AvgIpc) is 2.70. The molecule has 0 aliphatic carbocycles. The molecule has 0 saturated carbocycles. The maximum Gasteiger partial charge on any atom is 0.408 e. The zero-order valence-electron chi connectivity index (χ0n) is 19.1. The monoisotopic (exact) mass is 433 g/mol. The topological polar surface area (TPSA) is 108 Å². The van der Waals surface area contributed by atoms with Gasteiger partial charge in [-0.15, -0.1) is 0 Å². The normalized spacial score (nSPS) is 13.0. The van der Waals surface area contributed by atoms with Gasteiger partial charge in [0, 0.05) is 13.6 Å². The predicted molar refractivity (Wildman–Crippen MR) is 120 cm³/mol. The minimum atomic E-state index is -1.26. The molecule has 0 radical (unpaired) electrons. The summed E-state index contributed by atoms with van der Waals surface area (Å²) in [5, 5.41) is 14.9. The summed E-state index contributed by atoms with van der Waals surface area (Å²) in [6.45, 7) is 10.7.